The number of hydrogen-bond donors (Lipinski definition) is 3. The van der Waals surface area contributed by atoms with Crippen LogP contribution in [0.1, 0.15) is 75.6 Å². The first-order valence-corrected chi connectivity index (χ1v) is 12.4. The van der Waals surface area contributed by atoms with E-state index in [0.717, 1.165) is 42.5 Å². The molecule has 3 rings (SSSR count). The van der Waals surface area contributed by atoms with Crippen molar-refractivity contribution in [1.29, 1.82) is 0 Å². The maximum atomic E-state index is 12.7. The van der Waals surface area contributed by atoms with Crippen LogP contribution in [0.25, 0.3) is 0 Å². The van der Waals surface area contributed by atoms with Crippen molar-refractivity contribution in [3.05, 3.63) is 37.9 Å². The summed E-state index contributed by atoms with van der Waals surface area (Å²) >= 11 is 8.47. The molecular weight excluding hydrogens is 438 g/mol. The fraction of sp³-hybridized carbons (Fsp3) is 0.476. The zero-order chi connectivity index (χ0) is 21.5. The quantitative estimate of drug-likeness (QED) is 0.333. The van der Waals surface area contributed by atoms with Crippen molar-refractivity contribution in [2.45, 2.75) is 58.8 Å². The van der Waals surface area contributed by atoms with E-state index < -0.39 is 0 Å². The van der Waals surface area contributed by atoms with Gasteiger partial charge in [-0.25, -0.2) is 4.79 Å². The van der Waals surface area contributed by atoms with Crippen LogP contribution in [0.4, 0.5) is 5.00 Å². The second-order valence-electron chi connectivity index (χ2n) is 7.03. The van der Waals surface area contributed by atoms with Gasteiger partial charge in [-0.05, 0) is 62.9 Å². The van der Waals surface area contributed by atoms with Crippen molar-refractivity contribution in [3.63, 3.8) is 0 Å². The molecule has 2 heterocycles. The first-order valence-electron chi connectivity index (χ1n) is 10.3. The Hall–Kier alpha value is -1.97. The topological polar surface area (TPSA) is 79.5 Å². The summed E-state index contributed by atoms with van der Waals surface area (Å²) in [6.45, 7) is 4.18. The number of thiocarbonyl (C=S) groups is 1. The molecule has 0 unspecified atom stereocenters. The fourth-order valence-corrected chi connectivity index (χ4v) is 5.75. The number of aryl methyl sites for hydroxylation is 2. The molecule has 3 N–H and O–H groups in total. The van der Waals surface area contributed by atoms with E-state index in [1.165, 1.54) is 17.7 Å². The second kappa shape index (κ2) is 10.9. The van der Waals surface area contributed by atoms with Gasteiger partial charge in [0.2, 0.25) is 0 Å². The molecule has 6 nitrogen and oxygen atoms in total. The number of hydrogen-bond acceptors (Lipinski definition) is 6. The van der Waals surface area contributed by atoms with E-state index in [1.807, 2.05) is 11.4 Å². The lowest BCUT2D eigenvalue weighted by Gasteiger charge is -2.13. The third-order valence-electron chi connectivity index (χ3n) is 4.93. The van der Waals surface area contributed by atoms with Gasteiger partial charge in [0.15, 0.2) is 5.11 Å². The summed E-state index contributed by atoms with van der Waals surface area (Å²) in [4.78, 5) is 27.3. The molecule has 162 valence electrons. The maximum absolute atomic E-state index is 12.7. The highest BCUT2D eigenvalue weighted by Crippen LogP contribution is 2.37. The predicted molar refractivity (Wildman–Crippen MR) is 127 cm³/mol. The minimum absolute atomic E-state index is 0.231. The Kier molecular flexibility index (Phi) is 8.24. The number of nitrogens with one attached hydrogen (secondary N) is 3. The average Bonchev–Trinajstić information content (AvgIpc) is 3.31. The Bertz CT molecular complexity index is 920. The van der Waals surface area contributed by atoms with Crippen LogP contribution in [0.3, 0.4) is 0 Å². The molecule has 30 heavy (non-hydrogen) atoms. The number of hydrazine groups is 1. The molecule has 0 saturated heterocycles. The molecule has 0 bridgehead atoms. The number of thiophene rings is 2. The molecule has 0 aromatic carbocycles. The van der Waals surface area contributed by atoms with Gasteiger partial charge in [-0.2, -0.15) is 0 Å². The summed E-state index contributed by atoms with van der Waals surface area (Å²) < 4.78 is 5.31. The van der Waals surface area contributed by atoms with Crippen molar-refractivity contribution in [1.82, 2.24) is 10.9 Å². The molecule has 2 aromatic heterocycles. The molecule has 0 saturated carbocycles. The van der Waals surface area contributed by atoms with Gasteiger partial charge >= 0.3 is 5.97 Å². The molecule has 0 atom stereocenters. The number of esters is 1. The van der Waals surface area contributed by atoms with Crippen molar-refractivity contribution in [3.8, 4) is 0 Å². The Balaban J connectivity index is 1.71. The number of ether oxygens (including phenoxy) is 1. The number of carbonyl (C=O) groups is 2. The number of fused-ring (bicyclic) bond motifs is 1. The summed E-state index contributed by atoms with van der Waals surface area (Å²) in [5, 5.41) is 5.83. The van der Waals surface area contributed by atoms with E-state index >= 15 is 0 Å². The molecule has 1 aliphatic rings. The molecule has 0 fully saturated rings. The van der Waals surface area contributed by atoms with Crippen LogP contribution in [0, 0.1) is 0 Å². The minimum atomic E-state index is -0.324. The van der Waals surface area contributed by atoms with Gasteiger partial charge < -0.3 is 10.1 Å². The van der Waals surface area contributed by atoms with Crippen LogP contribution in [0.2, 0.25) is 0 Å². The third-order valence-corrected chi connectivity index (χ3v) is 7.42. The van der Waals surface area contributed by atoms with E-state index in [4.69, 9.17) is 17.0 Å². The van der Waals surface area contributed by atoms with Crippen molar-refractivity contribution < 1.29 is 14.3 Å². The van der Waals surface area contributed by atoms with Crippen molar-refractivity contribution in [2.75, 3.05) is 11.9 Å². The summed E-state index contributed by atoms with van der Waals surface area (Å²) in [6, 6.07) is 1.87. The van der Waals surface area contributed by atoms with E-state index in [2.05, 4.69) is 23.1 Å². The third kappa shape index (κ3) is 5.59. The second-order valence-corrected chi connectivity index (χ2v) is 9.54. The summed E-state index contributed by atoms with van der Waals surface area (Å²) in [5.74, 6) is -0.575. The van der Waals surface area contributed by atoms with Crippen LogP contribution in [0.15, 0.2) is 11.4 Å². The predicted octanol–water partition coefficient (Wildman–Crippen LogP) is 4.84. The van der Waals surface area contributed by atoms with Gasteiger partial charge in [-0.15, -0.1) is 22.7 Å². The average molecular weight is 466 g/mol. The normalized spacial score (nSPS) is 13.5. The van der Waals surface area contributed by atoms with Gasteiger partial charge in [0.1, 0.15) is 5.00 Å². The molecule has 0 radical (unpaired) electrons. The van der Waals surface area contributed by atoms with Crippen LogP contribution in [-0.4, -0.2) is 23.6 Å². The zero-order valence-corrected chi connectivity index (χ0v) is 19.7. The number of rotatable bonds is 5. The molecule has 9 heteroatoms. The van der Waals surface area contributed by atoms with E-state index in [-0.39, 0.29) is 17.0 Å². The van der Waals surface area contributed by atoms with Gasteiger partial charge in [0.05, 0.1) is 17.7 Å². The highest BCUT2D eigenvalue weighted by atomic mass is 32.1. The first kappa shape index (κ1) is 22.7. The van der Waals surface area contributed by atoms with E-state index in [9.17, 15) is 9.59 Å². The molecule has 0 aliphatic heterocycles. The van der Waals surface area contributed by atoms with Gasteiger partial charge in [0, 0.05) is 15.1 Å². The largest absolute Gasteiger partial charge is 0.462 e. The lowest BCUT2D eigenvalue weighted by atomic mass is 9.96. The van der Waals surface area contributed by atoms with Crippen LogP contribution in [0.5, 0.6) is 0 Å². The van der Waals surface area contributed by atoms with E-state index in [1.54, 1.807) is 29.6 Å². The molecule has 0 spiro atoms. The molecular formula is C21H27N3O3S3. The van der Waals surface area contributed by atoms with Gasteiger partial charge in [-0.3, -0.25) is 15.6 Å². The van der Waals surface area contributed by atoms with Crippen LogP contribution in [-0.2, 0) is 24.0 Å². The highest BCUT2D eigenvalue weighted by Gasteiger charge is 2.25. The Morgan fingerprint density at radius 3 is 2.60 bits per heavy atom. The van der Waals surface area contributed by atoms with E-state index in [0.29, 0.717) is 22.7 Å². The molecule has 1 amide bonds. The standard InChI is InChI=1S/C21H27N3O3S3/c1-3-14-11-13(12-29-14)18(25)23-24-21(28)22-19-17(20(26)27-4-2)15-9-7-5-6-8-10-16(15)30-19/h11-12H,3-10H2,1-2H3,(H,23,25)(H2,22,24,28). The molecule has 2 aromatic rings. The van der Waals surface area contributed by atoms with Crippen LogP contribution < -0.4 is 16.2 Å². The highest BCUT2D eigenvalue weighted by molar-refractivity contribution is 7.80. The number of amides is 1. The first-order chi connectivity index (χ1) is 14.5. The monoisotopic (exact) mass is 465 g/mol. The Labute approximate surface area is 190 Å². The maximum Gasteiger partial charge on any atom is 0.341 e. The van der Waals surface area contributed by atoms with Crippen molar-refractivity contribution >= 4 is 56.9 Å². The van der Waals surface area contributed by atoms with Crippen LogP contribution >= 0.6 is 34.9 Å². The smallest absolute Gasteiger partial charge is 0.341 e. The van der Waals surface area contributed by atoms with Gasteiger partial charge in [0.25, 0.3) is 5.91 Å². The number of anilines is 1. The summed E-state index contributed by atoms with van der Waals surface area (Å²) in [7, 11) is 0. The zero-order valence-electron chi connectivity index (χ0n) is 17.3. The molecule has 1 aliphatic carbocycles. The Morgan fingerprint density at radius 2 is 1.90 bits per heavy atom. The lowest BCUT2D eigenvalue weighted by molar-refractivity contribution is 0.0526. The number of carbonyl (C=O) groups excluding carboxylic acids is 2. The minimum Gasteiger partial charge on any atom is -0.462 e. The van der Waals surface area contributed by atoms with Gasteiger partial charge in [-0.1, -0.05) is 19.8 Å². The Morgan fingerprint density at radius 1 is 1.13 bits per heavy atom. The van der Waals surface area contributed by atoms with Crippen molar-refractivity contribution in [2.24, 2.45) is 0 Å². The summed E-state index contributed by atoms with van der Waals surface area (Å²) in [6.07, 6.45) is 7.30. The SMILES string of the molecule is CCOC(=O)c1c(NC(=S)NNC(=O)c2csc(CC)c2)sc2c1CCCCCC2. The fourth-order valence-electron chi connectivity index (χ4n) is 3.43. The lowest BCUT2D eigenvalue weighted by Crippen LogP contribution is -2.43. The summed E-state index contributed by atoms with van der Waals surface area (Å²) in [5.41, 5.74) is 7.61.